The molecule has 0 aliphatic heterocycles. The molecule has 0 radical (unpaired) electrons. The molecule has 1 amide bonds. The quantitative estimate of drug-likeness (QED) is 0.693. The van der Waals surface area contributed by atoms with Gasteiger partial charge in [0, 0.05) is 13.0 Å². The van der Waals surface area contributed by atoms with Gasteiger partial charge in [-0.15, -0.1) is 0 Å². The molecule has 0 aliphatic carbocycles. The standard InChI is InChI=1S/C16H16N2O2S/c1-10-4-6-13(7-5-10)8-9-14(20)18-16-17-11(2)15(21-16)12(3)19/h4-9H,1-3H3,(H,17,18,20)/b9-8-. The first-order valence-electron chi connectivity index (χ1n) is 6.50. The first-order chi connectivity index (χ1) is 9.95. The number of hydrogen-bond donors (Lipinski definition) is 1. The van der Waals surface area contributed by atoms with E-state index in [2.05, 4.69) is 10.3 Å². The molecule has 5 heteroatoms. The van der Waals surface area contributed by atoms with Crippen molar-refractivity contribution in [1.29, 1.82) is 0 Å². The zero-order valence-electron chi connectivity index (χ0n) is 12.1. The van der Waals surface area contributed by atoms with E-state index in [4.69, 9.17) is 0 Å². The van der Waals surface area contributed by atoms with E-state index in [9.17, 15) is 9.59 Å². The largest absolute Gasteiger partial charge is 0.298 e. The van der Waals surface area contributed by atoms with Crippen molar-refractivity contribution in [3.63, 3.8) is 0 Å². The highest BCUT2D eigenvalue weighted by atomic mass is 32.1. The molecule has 0 aliphatic rings. The van der Waals surface area contributed by atoms with Crippen molar-refractivity contribution in [2.45, 2.75) is 20.8 Å². The summed E-state index contributed by atoms with van der Waals surface area (Å²) in [6.07, 6.45) is 3.19. The molecule has 0 fully saturated rings. The van der Waals surface area contributed by atoms with Crippen molar-refractivity contribution in [2.24, 2.45) is 0 Å². The number of aromatic nitrogens is 1. The summed E-state index contributed by atoms with van der Waals surface area (Å²) in [7, 11) is 0. The molecular formula is C16H16N2O2S. The Hall–Kier alpha value is -2.27. The highest BCUT2D eigenvalue weighted by Gasteiger charge is 2.12. The zero-order valence-corrected chi connectivity index (χ0v) is 13.0. The Bertz CT molecular complexity index is 700. The summed E-state index contributed by atoms with van der Waals surface area (Å²) in [5.41, 5.74) is 2.77. The molecule has 2 rings (SSSR count). The summed E-state index contributed by atoms with van der Waals surface area (Å²) in [4.78, 5) is 27.9. The van der Waals surface area contributed by atoms with Gasteiger partial charge in [-0.3, -0.25) is 14.9 Å². The number of Topliss-reactive ketones (excluding diaryl/α,β-unsaturated/α-hetero) is 1. The Morgan fingerprint density at radius 1 is 1.19 bits per heavy atom. The minimum absolute atomic E-state index is 0.0410. The van der Waals surface area contributed by atoms with Crippen LogP contribution in [0.2, 0.25) is 0 Å². The van der Waals surface area contributed by atoms with Gasteiger partial charge in [0.05, 0.1) is 10.6 Å². The van der Waals surface area contributed by atoms with E-state index >= 15 is 0 Å². The van der Waals surface area contributed by atoms with Gasteiger partial charge in [0.1, 0.15) is 0 Å². The topological polar surface area (TPSA) is 59.1 Å². The van der Waals surface area contributed by atoms with Crippen LogP contribution in [-0.4, -0.2) is 16.7 Å². The molecule has 0 spiro atoms. The third kappa shape index (κ3) is 4.10. The van der Waals surface area contributed by atoms with Crippen LogP contribution in [0.25, 0.3) is 6.08 Å². The van der Waals surface area contributed by atoms with Crippen molar-refractivity contribution in [1.82, 2.24) is 4.98 Å². The zero-order chi connectivity index (χ0) is 15.4. The molecule has 1 aromatic carbocycles. The van der Waals surface area contributed by atoms with E-state index in [0.29, 0.717) is 15.7 Å². The predicted molar refractivity (Wildman–Crippen MR) is 85.7 cm³/mol. The average molecular weight is 300 g/mol. The van der Waals surface area contributed by atoms with Crippen LogP contribution in [0.4, 0.5) is 5.13 Å². The van der Waals surface area contributed by atoms with Crippen LogP contribution in [0, 0.1) is 13.8 Å². The lowest BCUT2D eigenvalue weighted by Gasteiger charge is -1.96. The molecule has 2 aromatic rings. The number of ketones is 1. The molecule has 1 heterocycles. The first-order valence-corrected chi connectivity index (χ1v) is 7.31. The molecule has 1 aromatic heterocycles. The van der Waals surface area contributed by atoms with Gasteiger partial charge in [-0.25, -0.2) is 4.98 Å². The van der Waals surface area contributed by atoms with Gasteiger partial charge >= 0.3 is 0 Å². The van der Waals surface area contributed by atoms with Crippen molar-refractivity contribution in [3.8, 4) is 0 Å². The third-order valence-electron chi connectivity index (χ3n) is 2.85. The summed E-state index contributed by atoms with van der Waals surface area (Å²) in [6, 6.07) is 7.86. The van der Waals surface area contributed by atoms with Gasteiger partial charge in [0.2, 0.25) is 5.91 Å². The van der Waals surface area contributed by atoms with Crippen LogP contribution in [0.15, 0.2) is 30.3 Å². The van der Waals surface area contributed by atoms with Gasteiger partial charge < -0.3 is 0 Å². The Kier molecular flexibility index (Phi) is 4.65. The van der Waals surface area contributed by atoms with E-state index in [1.165, 1.54) is 29.9 Å². The first kappa shape index (κ1) is 15.1. The van der Waals surface area contributed by atoms with E-state index < -0.39 is 0 Å². The molecule has 21 heavy (non-hydrogen) atoms. The SMILES string of the molecule is CC(=O)c1sc(NC(=O)/C=C\c2ccc(C)cc2)nc1C. The maximum absolute atomic E-state index is 11.8. The second-order valence-corrected chi connectivity index (χ2v) is 5.72. The van der Waals surface area contributed by atoms with Crippen molar-refractivity contribution < 1.29 is 9.59 Å². The van der Waals surface area contributed by atoms with Gasteiger partial charge in [0.25, 0.3) is 0 Å². The summed E-state index contributed by atoms with van der Waals surface area (Å²) < 4.78 is 0. The van der Waals surface area contributed by atoms with Crippen molar-refractivity contribution >= 4 is 34.2 Å². The van der Waals surface area contributed by atoms with E-state index in [1.54, 1.807) is 13.0 Å². The maximum Gasteiger partial charge on any atom is 0.250 e. The fourth-order valence-electron chi connectivity index (χ4n) is 1.77. The van der Waals surface area contributed by atoms with Crippen LogP contribution in [0.5, 0.6) is 0 Å². The number of hydrogen-bond acceptors (Lipinski definition) is 4. The molecule has 1 N–H and O–H groups in total. The van der Waals surface area contributed by atoms with Gasteiger partial charge in [0.15, 0.2) is 10.9 Å². The number of thiazole rings is 1. The second kappa shape index (κ2) is 6.45. The fraction of sp³-hybridized carbons (Fsp3) is 0.188. The number of carbonyl (C=O) groups is 2. The molecule has 0 atom stereocenters. The van der Waals surface area contributed by atoms with Crippen LogP contribution in [0.3, 0.4) is 0 Å². The minimum atomic E-state index is -0.264. The van der Waals surface area contributed by atoms with Crippen LogP contribution in [0.1, 0.15) is 33.4 Å². The van der Waals surface area contributed by atoms with Crippen LogP contribution >= 0.6 is 11.3 Å². The highest BCUT2D eigenvalue weighted by Crippen LogP contribution is 2.22. The lowest BCUT2D eigenvalue weighted by molar-refractivity contribution is -0.111. The van der Waals surface area contributed by atoms with Crippen LogP contribution in [-0.2, 0) is 4.79 Å². The molecule has 0 saturated carbocycles. The number of rotatable bonds is 4. The highest BCUT2D eigenvalue weighted by molar-refractivity contribution is 7.17. The molecule has 4 nitrogen and oxygen atoms in total. The summed E-state index contributed by atoms with van der Waals surface area (Å²) in [5.74, 6) is -0.305. The van der Waals surface area contributed by atoms with Gasteiger partial charge in [-0.1, -0.05) is 41.2 Å². The molecule has 108 valence electrons. The van der Waals surface area contributed by atoms with Crippen molar-refractivity contribution in [2.75, 3.05) is 5.32 Å². The van der Waals surface area contributed by atoms with E-state index in [-0.39, 0.29) is 11.7 Å². The smallest absolute Gasteiger partial charge is 0.250 e. The average Bonchev–Trinajstić information content (AvgIpc) is 2.79. The van der Waals surface area contributed by atoms with Crippen molar-refractivity contribution in [3.05, 3.63) is 52.0 Å². The lowest BCUT2D eigenvalue weighted by Crippen LogP contribution is -2.07. The van der Waals surface area contributed by atoms with Gasteiger partial charge in [-0.2, -0.15) is 0 Å². The number of benzene rings is 1. The Morgan fingerprint density at radius 3 is 2.43 bits per heavy atom. The Morgan fingerprint density at radius 2 is 1.86 bits per heavy atom. The van der Waals surface area contributed by atoms with E-state index in [1.807, 2.05) is 31.2 Å². The maximum atomic E-state index is 11.8. The third-order valence-corrected chi connectivity index (χ3v) is 4.02. The van der Waals surface area contributed by atoms with E-state index in [0.717, 1.165) is 5.56 Å². The number of amides is 1. The predicted octanol–water partition coefficient (Wildman–Crippen LogP) is 3.61. The monoisotopic (exact) mass is 300 g/mol. The van der Waals surface area contributed by atoms with Crippen LogP contribution < -0.4 is 5.32 Å². The molecular weight excluding hydrogens is 284 g/mol. The number of carbonyl (C=O) groups excluding carboxylic acids is 2. The molecule has 0 bridgehead atoms. The number of nitrogens with one attached hydrogen (secondary N) is 1. The second-order valence-electron chi connectivity index (χ2n) is 4.72. The summed E-state index contributed by atoms with van der Waals surface area (Å²) in [5, 5.41) is 3.11. The molecule has 0 unspecified atom stereocenters. The normalized spacial score (nSPS) is 10.8. The number of nitrogens with zero attached hydrogens (tertiary/aromatic N) is 1. The summed E-state index contributed by atoms with van der Waals surface area (Å²) >= 11 is 1.19. The minimum Gasteiger partial charge on any atom is -0.298 e. The molecule has 0 saturated heterocycles. The number of anilines is 1. The Labute approximate surface area is 127 Å². The van der Waals surface area contributed by atoms with Gasteiger partial charge in [-0.05, 0) is 25.5 Å². The lowest BCUT2D eigenvalue weighted by atomic mass is 10.1. The Balaban J connectivity index is 2.03. The fourth-order valence-corrected chi connectivity index (χ4v) is 2.64. The summed E-state index contributed by atoms with van der Waals surface area (Å²) in [6.45, 7) is 5.26. The number of aryl methyl sites for hydroxylation is 2.